The lowest BCUT2D eigenvalue weighted by molar-refractivity contribution is 0.0374. The molecular formula is C18H37N3O3S. The smallest absolute Gasteiger partial charge is 0.216 e. The van der Waals surface area contributed by atoms with Gasteiger partial charge in [0, 0.05) is 19.1 Å². The first-order valence-corrected chi connectivity index (χ1v) is 11.3. The molecule has 0 spiro atoms. The number of nitrogens with zero attached hydrogens (tertiary/aromatic N) is 1. The maximum absolute atomic E-state index is 12.2. The van der Waals surface area contributed by atoms with Crippen LogP contribution >= 0.6 is 0 Å². The third-order valence-corrected chi connectivity index (χ3v) is 7.60. The minimum absolute atomic E-state index is 0.113. The van der Waals surface area contributed by atoms with Crippen molar-refractivity contribution in [2.24, 2.45) is 5.92 Å². The first-order valence-electron chi connectivity index (χ1n) is 9.80. The minimum atomic E-state index is -3.23. The predicted octanol–water partition coefficient (Wildman–Crippen LogP) is 1.58. The van der Waals surface area contributed by atoms with E-state index in [0.29, 0.717) is 5.92 Å². The fraction of sp³-hybridized carbons (Fsp3) is 1.00. The van der Waals surface area contributed by atoms with Gasteiger partial charge in [-0.3, -0.25) is 4.90 Å². The quantitative estimate of drug-likeness (QED) is 0.630. The topological polar surface area (TPSA) is 70.7 Å². The largest absolute Gasteiger partial charge is 0.379 e. The standard InChI is InChI=1S/C18H37N3O3S/c1-18(2,3)25(22,23)20-17-7-5-16(6-8-17)15-19-9-4-10-21-11-13-24-14-12-21/h16-17,19-20H,4-15H2,1-3H3/t16-,17-. The molecular weight excluding hydrogens is 338 g/mol. The Hall–Kier alpha value is -0.210. The van der Waals surface area contributed by atoms with Crippen LogP contribution in [-0.4, -0.2) is 70.0 Å². The molecule has 25 heavy (non-hydrogen) atoms. The second-order valence-electron chi connectivity index (χ2n) is 8.46. The van der Waals surface area contributed by atoms with Crippen molar-refractivity contribution < 1.29 is 13.2 Å². The lowest BCUT2D eigenvalue weighted by atomic mass is 9.86. The summed E-state index contributed by atoms with van der Waals surface area (Å²) < 4.78 is 32.0. The van der Waals surface area contributed by atoms with E-state index in [0.717, 1.165) is 71.6 Å². The molecule has 0 aromatic carbocycles. The number of morpholine rings is 1. The van der Waals surface area contributed by atoms with Crippen LogP contribution in [-0.2, 0) is 14.8 Å². The molecule has 0 radical (unpaired) electrons. The van der Waals surface area contributed by atoms with Crippen LogP contribution in [0.3, 0.4) is 0 Å². The third kappa shape index (κ3) is 7.13. The Kier molecular flexibility index (Phi) is 8.14. The fourth-order valence-electron chi connectivity index (χ4n) is 3.44. The molecule has 1 saturated carbocycles. The highest BCUT2D eigenvalue weighted by Gasteiger charge is 2.32. The van der Waals surface area contributed by atoms with Crippen LogP contribution in [0.5, 0.6) is 0 Å². The second-order valence-corrected chi connectivity index (χ2v) is 10.9. The number of ether oxygens (including phenoxy) is 1. The molecule has 2 aliphatic rings. The Bertz CT molecular complexity index is 476. The van der Waals surface area contributed by atoms with Crippen LogP contribution in [0, 0.1) is 5.92 Å². The second kappa shape index (κ2) is 9.65. The molecule has 1 saturated heterocycles. The Balaban J connectivity index is 1.55. The number of sulfonamides is 1. The average Bonchev–Trinajstić information content (AvgIpc) is 2.56. The summed E-state index contributed by atoms with van der Waals surface area (Å²) in [4.78, 5) is 2.47. The Labute approximate surface area is 154 Å². The van der Waals surface area contributed by atoms with Gasteiger partial charge in [-0.1, -0.05) is 0 Å². The molecule has 2 fully saturated rings. The van der Waals surface area contributed by atoms with Gasteiger partial charge in [0.1, 0.15) is 0 Å². The first-order chi connectivity index (χ1) is 11.8. The molecule has 0 aromatic rings. The maximum Gasteiger partial charge on any atom is 0.216 e. The maximum atomic E-state index is 12.2. The van der Waals surface area contributed by atoms with Crippen LogP contribution in [0.15, 0.2) is 0 Å². The molecule has 2 N–H and O–H groups in total. The van der Waals surface area contributed by atoms with Crippen LogP contribution in [0.25, 0.3) is 0 Å². The summed E-state index contributed by atoms with van der Waals surface area (Å²) in [6, 6.07) is 0.113. The van der Waals surface area contributed by atoms with E-state index in [1.165, 1.54) is 6.42 Å². The van der Waals surface area contributed by atoms with Crippen LogP contribution < -0.4 is 10.0 Å². The van der Waals surface area contributed by atoms with E-state index in [9.17, 15) is 8.42 Å². The molecule has 7 heteroatoms. The zero-order chi connectivity index (χ0) is 18.3. The van der Waals surface area contributed by atoms with E-state index in [1.54, 1.807) is 20.8 Å². The van der Waals surface area contributed by atoms with E-state index in [-0.39, 0.29) is 6.04 Å². The number of rotatable bonds is 8. The summed E-state index contributed by atoms with van der Waals surface area (Å²) in [6.07, 6.45) is 5.30. The summed E-state index contributed by atoms with van der Waals surface area (Å²) >= 11 is 0. The Morgan fingerprint density at radius 3 is 2.32 bits per heavy atom. The summed E-state index contributed by atoms with van der Waals surface area (Å²) in [7, 11) is -3.23. The Morgan fingerprint density at radius 2 is 1.72 bits per heavy atom. The van der Waals surface area contributed by atoms with Gasteiger partial charge in [0.15, 0.2) is 0 Å². The molecule has 0 aromatic heterocycles. The lowest BCUT2D eigenvalue weighted by Gasteiger charge is -2.31. The van der Waals surface area contributed by atoms with Crippen LogP contribution in [0.1, 0.15) is 52.9 Å². The van der Waals surface area contributed by atoms with Gasteiger partial charge in [0.05, 0.1) is 18.0 Å². The van der Waals surface area contributed by atoms with Crippen LogP contribution in [0.2, 0.25) is 0 Å². The SMILES string of the molecule is CC(C)(C)S(=O)(=O)N[C@H]1CC[C@H](CNCCCN2CCOCC2)CC1. The molecule has 2 rings (SSSR count). The van der Waals surface area contributed by atoms with Crippen molar-refractivity contribution in [2.75, 3.05) is 45.9 Å². The summed E-state index contributed by atoms with van der Waals surface area (Å²) in [5.41, 5.74) is 0. The average molecular weight is 376 g/mol. The fourth-order valence-corrected chi connectivity index (χ4v) is 4.47. The van der Waals surface area contributed by atoms with E-state index in [2.05, 4.69) is 14.9 Å². The molecule has 1 aliphatic carbocycles. The van der Waals surface area contributed by atoms with E-state index in [1.807, 2.05) is 0 Å². The van der Waals surface area contributed by atoms with E-state index in [4.69, 9.17) is 4.74 Å². The van der Waals surface area contributed by atoms with Gasteiger partial charge in [-0.25, -0.2) is 13.1 Å². The molecule has 0 amide bonds. The molecule has 6 nitrogen and oxygen atoms in total. The van der Waals surface area contributed by atoms with E-state index < -0.39 is 14.8 Å². The molecule has 1 aliphatic heterocycles. The van der Waals surface area contributed by atoms with Gasteiger partial charge in [0.25, 0.3) is 0 Å². The third-order valence-electron chi connectivity index (χ3n) is 5.34. The minimum Gasteiger partial charge on any atom is -0.379 e. The molecule has 1 heterocycles. The van der Waals surface area contributed by atoms with Crippen molar-refractivity contribution in [3.63, 3.8) is 0 Å². The van der Waals surface area contributed by atoms with Crippen molar-refractivity contribution in [3.8, 4) is 0 Å². The normalized spacial score (nSPS) is 26.7. The van der Waals surface area contributed by atoms with Crippen molar-refractivity contribution in [3.05, 3.63) is 0 Å². The molecule has 0 atom stereocenters. The highest BCUT2D eigenvalue weighted by Crippen LogP contribution is 2.25. The van der Waals surface area contributed by atoms with Gasteiger partial charge in [-0.15, -0.1) is 0 Å². The van der Waals surface area contributed by atoms with E-state index >= 15 is 0 Å². The first kappa shape index (κ1) is 21.1. The molecule has 0 bridgehead atoms. The van der Waals surface area contributed by atoms with Crippen molar-refractivity contribution in [1.29, 1.82) is 0 Å². The van der Waals surface area contributed by atoms with Gasteiger partial charge >= 0.3 is 0 Å². The van der Waals surface area contributed by atoms with Crippen molar-refractivity contribution in [1.82, 2.24) is 14.9 Å². The highest BCUT2D eigenvalue weighted by atomic mass is 32.2. The summed E-state index contributed by atoms with van der Waals surface area (Å²) in [6.45, 7) is 12.4. The Morgan fingerprint density at radius 1 is 1.08 bits per heavy atom. The summed E-state index contributed by atoms with van der Waals surface area (Å²) in [5.74, 6) is 0.679. The lowest BCUT2D eigenvalue weighted by Crippen LogP contribution is -2.46. The zero-order valence-corrected chi connectivity index (χ0v) is 17.0. The highest BCUT2D eigenvalue weighted by molar-refractivity contribution is 7.90. The van der Waals surface area contributed by atoms with Gasteiger partial charge in [-0.05, 0) is 78.4 Å². The van der Waals surface area contributed by atoms with Gasteiger partial charge < -0.3 is 10.1 Å². The molecule has 148 valence electrons. The van der Waals surface area contributed by atoms with Gasteiger partial charge in [0.2, 0.25) is 10.0 Å². The van der Waals surface area contributed by atoms with Gasteiger partial charge in [-0.2, -0.15) is 0 Å². The van der Waals surface area contributed by atoms with Crippen molar-refractivity contribution >= 4 is 10.0 Å². The number of hydrogen-bond donors (Lipinski definition) is 2. The number of nitrogens with one attached hydrogen (secondary N) is 2. The zero-order valence-electron chi connectivity index (χ0n) is 16.2. The predicted molar refractivity (Wildman–Crippen MR) is 102 cm³/mol. The van der Waals surface area contributed by atoms with Crippen molar-refractivity contribution in [2.45, 2.75) is 63.7 Å². The monoisotopic (exact) mass is 375 g/mol. The molecule has 0 unspecified atom stereocenters. The summed E-state index contributed by atoms with van der Waals surface area (Å²) in [5, 5.41) is 3.59. The van der Waals surface area contributed by atoms with Crippen LogP contribution in [0.4, 0.5) is 0 Å². The number of hydrogen-bond acceptors (Lipinski definition) is 5.